The van der Waals surface area contributed by atoms with E-state index in [4.69, 9.17) is 9.90 Å². The molecule has 0 atom stereocenters. The van der Waals surface area contributed by atoms with Crippen LogP contribution in [0.4, 0.5) is 0 Å². The molecule has 1 N–H and O–H groups in total. The van der Waals surface area contributed by atoms with Gasteiger partial charge in [-0.3, -0.25) is 9.59 Å². The summed E-state index contributed by atoms with van der Waals surface area (Å²) in [6.45, 7) is 6.63. The number of carbonyl (C=O) groups excluding carboxylic acids is 1. The van der Waals surface area contributed by atoms with Crippen LogP contribution in [0.5, 0.6) is 0 Å². The van der Waals surface area contributed by atoms with Gasteiger partial charge in [-0.25, -0.2) is 0 Å². The van der Waals surface area contributed by atoms with E-state index >= 15 is 0 Å². The van der Waals surface area contributed by atoms with Crippen molar-refractivity contribution >= 4 is 12.4 Å². The van der Waals surface area contributed by atoms with Gasteiger partial charge in [-0.15, -0.1) is 0 Å². The lowest BCUT2D eigenvalue weighted by molar-refractivity contribution is -0.134. The van der Waals surface area contributed by atoms with E-state index in [-0.39, 0.29) is 0 Å². The molecule has 66 valence electrons. The largest absolute Gasteiger partial charge is 0.481 e. The van der Waals surface area contributed by atoms with Crippen LogP contribution in [0.1, 0.15) is 20.8 Å². The maximum absolute atomic E-state index is 9.89. The first kappa shape index (κ1) is 12.6. The molecule has 0 radical (unpaired) electrons. The van der Waals surface area contributed by atoms with Gasteiger partial charge in [0.1, 0.15) is 0 Å². The standard InChI is InChI=1S/C5H11NO.C2H4O2/c1-3-6(4-2)5-7;1-2(3)4/h5H,3-4H2,1-2H3;1H3,(H,3,4). The highest BCUT2D eigenvalue weighted by molar-refractivity contribution is 5.62. The molecule has 0 spiro atoms. The Labute approximate surface area is 66.8 Å². The molecule has 0 fully saturated rings. The third kappa shape index (κ3) is 17.6. The number of nitrogens with zero attached hydrogens (tertiary/aromatic N) is 1. The molecule has 0 rings (SSSR count). The summed E-state index contributed by atoms with van der Waals surface area (Å²) in [5, 5.41) is 7.42. The van der Waals surface area contributed by atoms with Gasteiger partial charge in [0.2, 0.25) is 6.41 Å². The highest BCUT2D eigenvalue weighted by Crippen LogP contribution is 1.75. The fraction of sp³-hybridized carbons (Fsp3) is 0.714. The molecule has 1 amide bonds. The van der Waals surface area contributed by atoms with Gasteiger partial charge in [-0.2, -0.15) is 0 Å². The first-order valence-corrected chi connectivity index (χ1v) is 3.47. The monoisotopic (exact) mass is 161 g/mol. The Balaban J connectivity index is 0. The van der Waals surface area contributed by atoms with Gasteiger partial charge in [-0.1, -0.05) is 0 Å². The number of rotatable bonds is 3. The van der Waals surface area contributed by atoms with Crippen LogP contribution in [-0.2, 0) is 9.59 Å². The Bertz CT molecular complexity index is 106. The average Bonchev–Trinajstić information content (AvgIpc) is 1.90. The first-order chi connectivity index (χ1) is 5.08. The molecule has 4 nitrogen and oxygen atoms in total. The molecule has 4 heteroatoms. The quantitative estimate of drug-likeness (QED) is 0.616. The zero-order chi connectivity index (χ0) is 9.28. The highest BCUT2D eigenvalue weighted by Gasteiger charge is 1.87. The van der Waals surface area contributed by atoms with E-state index in [0.717, 1.165) is 26.4 Å². The van der Waals surface area contributed by atoms with Crippen molar-refractivity contribution in [3.63, 3.8) is 0 Å². The third-order valence-electron chi connectivity index (χ3n) is 0.961. The minimum Gasteiger partial charge on any atom is -0.481 e. The molecule has 0 aromatic heterocycles. The van der Waals surface area contributed by atoms with E-state index in [1.165, 1.54) is 0 Å². The first-order valence-electron chi connectivity index (χ1n) is 3.47. The highest BCUT2D eigenvalue weighted by atomic mass is 16.4. The second kappa shape index (κ2) is 8.94. The van der Waals surface area contributed by atoms with Crippen LogP contribution < -0.4 is 0 Å². The fourth-order valence-electron chi connectivity index (χ4n) is 0.373. The number of aliphatic carboxylic acids is 1. The number of carboxylic acid groups (broad SMARTS) is 1. The molecule has 0 saturated carbocycles. The van der Waals surface area contributed by atoms with E-state index in [9.17, 15) is 4.79 Å². The van der Waals surface area contributed by atoms with E-state index in [1.54, 1.807) is 4.90 Å². The van der Waals surface area contributed by atoms with Crippen molar-refractivity contribution in [1.29, 1.82) is 0 Å². The fourth-order valence-corrected chi connectivity index (χ4v) is 0.373. The molecular formula is C7H15NO3. The second-order valence-corrected chi connectivity index (χ2v) is 1.85. The summed E-state index contributed by atoms with van der Waals surface area (Å²) >= 11 is 0. The van der Waals surface area contributed by atoms with Gasteiger partial charge >= 0.3 is 0 Å². The minimum absolute atomic E-state index is 0.819. The maximum atomic E-state index is 9.89. The molecule has 0 aliphatic carbocycles. The van der Waals surface area contributed by atoms with Crippen molar-refractivity contribution in [3.05, 3.63) is 0 Å². The summed E-state index contributed by atoms with van der Waals surface area (Å²) in [4.78, 5) is 20.6. The van der Waals surface area contributed by atoms with E-state index in [1.807, 2.05) is 13.8 Å². The maximum Gasteiger partial charge on any atom is 0.300 e. The zero-order valence-electron chi connectivity index (χ0n) is 7.20. The van der Waals surface area contributed by atoms with Crippen molar-refractivity contribution in [1.82, 2.24) is 4.90 Å². The van der Waals surface area contributed by atoms with Crippen molar-refractivity contribution in [2.75, 3.05) is 13.1 Å². The Morgan fingerprint density at radius 2 is 1.73 bits per heavy atom. The summed E-state index contributed by atoms with van der Waals surface area (Å²) in [6.07, 6.45) is 0.861. The predicted molar refractivity (Wildman–Crippen MR) is 42.3 cm³/mol. The Hall–Kier alpha value is -1.06. The van der Waals surface area contributed by atoms with Crippen LogP contribution in [0.3, 0.4) is 0 Å². The van der Waals surface area contributed by atoms with Crippen molar-refractivity contribution in [2.45, 2.75) is 20.8 Å². The topological polar surface area (TPSA) is 57.6 Å². The number of carbonyl (C=O) groups is 2. The van der Waals surface area contributed by atoms with Crippen molar-refractivity contribution < 1.29 is 14.7 Å². The second-order valence-electron chi connectivity index (χ2n) is 1.85. The number of hydrogen-bond acceptors (Lipinski definition) is 2. The molecule has 0 unspecified atom stereocenters. The number of amides is 1. The van der Waals surface area contributed by atoms with Crippen LogP contribution in [0.15, 0.2) is 0 Å². The average molecular weight is 161 g/mol. The van der Waals surface area contributed by atoms with Gasteiger partial charge in [0.15, 0.2) is 0 Å². The lowest BCUT2D eigenvalue weighted by Gasteiger charge is -2.08. The summed E-state index contributed by atoms with van der Waals surface area (Å²) in [6, 6.07) is 0. The molecule has 0 aromatic carbocycles. The Morgan fingerprint density at radius 1 is 1.45 bits per heavy atom. The SMILES string of the molecule is CC(=O)O.CCN(C=O)CC. The van der Waals surface area contributed by atoms with E-state index < -0.39 is 5.97 Å². The van der Waals surface area contributed by atoms with Gasteiger partial charge in [0, 0.05) is 20.0 Å². The smallest absolute Gasteiger partial charge is 0.300 e. The molecule has 0 saturated heterocycles. The minimum atomic E-state index is -0.833. The molecule has 0 bridgehead atoms. The molecule has 0 heterocycles. The van der Waals surface area contributed by atoms with Crippen molar-refractivity contribution in [3.8, 4) is 0 Å². The number of carboxylic acids is 1. The Morgan fingerprint density at radius 3 is 1.73 bits per heavy atom. The molecule has 11 heavy (non-hydrogen) atoms. The zero-order valence-corrected chi connectivity index (χ0v) is 7.20. The molecule has 0 aliphatic heterocycles. The van der Waals surface area contributed by atoms with Gasteiger partial charge in [-0.05, 0) is 13.8 Å². The summed E-state index contributed by atoms with van der Waals surface area (Å²) in [5.41, 5.74) is 0. The van der Waals surface area contributed by atoms with Crippen LogP contribution in [0.2, 0.25) is 0 Å². The Kier molecular flexibility index (Phi) is 10.2. The molecule has 0 aliphatic rings. The summed E-state index contributed by atoms with van der Waals surface area (Å²) in [7, 11) is 0. The summed E-state index contributed by atoms with van der Waals surface area (Å²) < 4.78 is 0. The van der Waals surface area contributed by atoms with Crippen LogP contribution >= 0.6 is 0 Å². The lowest BCUT2D eigenvalue weighted by Crippen LogP contribution is -2.19. The van der Waals surface area contributed by atoms with E-state index in [0.29, 0.717) is 0 Å². The molecular weight excluding hydrogens is 146 g/mol. The predicted octanol–water partition coefficient (Wildman–Crippen LogP) is 0.575. The van der Waals surface area contributed by atoms with Gasteiger partial charge < -0.3 is 10.0 Å². The van der Waals surface area contributed by atoms with E-state index in [2.05, 4.69) is 0 Å². The van der Waals surface area contributed by atoms with Crippen LogP contribution in [-0.4, -0.2) is 35.5 Å². The summed E-state index contributed by atoms with van der Waals surface area (Å²) in [5.74, 6) is -0.833. The third-order valence-corrected chi connectivity index (χ3v) is 0.961. The van der Waals surface area contributed by atoms with Crippen LogP contribution in [0, 0.1) is 0 Å². The van der Waals surface area contributed by atoms with Gasteiger partial charge in [0.05, 0.1) is 0 Å². The normalized spacial score (nSPS) is 7.55. The van der Waals surface area contributed by atoms with Crippen molar-refractivity contribution in [2.24, 2.45) is 0 Å². The molecule has 0 aromatic rings. The van der Waals surface area contributed by atoms with Gasteiger partial charge in [0.25, 0.3) is 5.97 Å². The lowest BCUT2D eigenvalue weighted by atomic mass is 10.6. The number of hydrogen-bond donors (Lipinski definition) is 1. The van der Waals surface area contributed by atoms with Crippen LogP contribution in [0.25, 0.3) is 0 Å².